The molecule has 1 aromatic rings. The molecule has 18 heavy (non-hydrogen) atoms. The minimum absolute atomic E-state index is 0.783. The Labute approximate surface area is 110 Å². The number of allylic oxidation sites excluding steroid dienone is 3. The van der Waals surface area contributed by atoms with Gasteiger partial charge in [-0.3, -0.25) is 0 Å². The van der Waals surface area contributed by atoms with Gasteiger partial charge < -0.3 is 10.7 Å². The summed E-state index contributed by atoms with van der Waals surface area (Å²) in [6.45, 7) is 6.45. The van der Waals surface area contributed by atoms with Gasteiger partial charge in [0.15, 0.2) is 0 Å². The lowest BCUT2D eigenvalue weighted by Crippen LogP contribution is -2.30. The van der Waals surface area contributed by atoms with E-state index < -0.39 is 0 Å². The molecule has 0 fully saturated rings. The van der Waals surface area contributed by atoms with Crippen molar-refractivity contribution in [2.24, 2.45) is 5.84 Å². The molecular formula is C15H23N3. The first kappa shape index (κ1) is 14.3. The number of hydrogen-bond acceptors (Lipinski definition) is 3. The summed E-state index contributed by atoms with van der Waals surface area (Å²) in [4.78, 5) is 0. The Hall–Kier alpha value is -1.74. The van der Waals surface area contributed by atoms with Crippen LogP contribution in [0.5, 0.6) is 0 Å². The number of rotatable bonds is 7. The molecule has 0 aliphatic carbocycles. The van der Waals surface area contributed by atoms with E-state index in [-0.39, 0.29) is 0 Å². The van der Waals surface area contributed by atoms with Crippen LogP contribution in [0.2, 0.25) is 0 Å². The molecule has 3 nitrogen and oxygen atoms in total. The Morgan fingerprint density at radius 3 is 2.83 bits per heavy atom. The van der Waals surface area contributed by atoms with Crippen LogP contribution in [-0.4, -0.2) is 6.54 Å². The second-order valence-electron chi connectivity index (χ2n) is 4.23. The van der Waals surface area contributed by atoms with Crippen LogP contribution >= 0.6 is 0 Å². The van der Waals surface area contributed by atoms with Gasteiger partial charge in [0.2, 0.25) is 0 Å². The van der Waals surface area contributed by atoms with Crippen molar-refractivity contribution in [3.05, 3.63) is 48.6 Å². The van der Waals surface area contributed by atoms with Crippen LogP contribution in [0, 0.1) is 0 Å². The second-order valence-corrected chi connectivity index (χ2v) is 4.23. The normalized spacial score (nSPS) is 10.8. The quantitative estimate of drug-likeness (QED) is 0.255. The molecule has 98 valence electrons. The topological polar surface area (TPSA) is 55.3 Å². The number of nitrogens with two attached hydrogens (primary N) is 2. The zero-order valence-electron chi connectivity index (χ0n) is 11.1. The predicted octanol–water partition coefficient (Wildman–Crippen LogP) is 3.03. The summed E-state index contributed by atoms with van der Waals surface area (Å²) in [5, 5.41) is 1.72. The van der Waals surface area contributed by atoms with E-state index in [9.17, 15) is 0 Å². The molecule has 3 heteroatoms. The highest BCUT2D eigenvalue weighted by Gasteiger charge is 2.04. The molecule has 0 spiro atoms. The summed E-state index contributed by atoms with van der Waals surface area (Å²) < 4.78 is 0. The minimum atomic E-state index is 0.783. The number of anilines is 2. The first-order valence-corrected chi connectivity index (χ1v) is 6.37. The summed E-state index contributed by atoms with van der Waals surface area (Å²) in [6.07, 6.45) is 8.97. The Morgan fingerprint density at radius 1 is 1.39 bits per heavy atom. The van der Waals surface area contributed by atoms with Crippen molar-refractivity contribution >= 4 is 11.4 Å². The highest BCUT2D eigenvalue weighted by Crippen LogP contribution is 2.21. The zero-order valence-corrected chi connectivity index (χ0v) is 11.1. The van der Waals surface area contributed by atoms with Gasteiger partial charge in [-0.25, -0.2) is 5.84 Å². The first-order chi connectivity index (χ1) is 8.69. The maximum absolute atomic E-state index is 5.98. The Balaban J connectivity index is 2.63. The van der Waals surface area contributed by atoms with E-state index in [0.717, 1.165) is 37.2 Å². The van der Waals surface area contributed by atoms with Crippen LogP contribution in [-0.2, 0) is 6.42 Å². The molecule has 0 aliphatic rings. The number of aryl methyl sites for hydroxylation is 1. The van der Waals surface area contributed by atoms with Crippen LogP contribution in [0.3, 0.4) is 0 Å². The van der Waals surface area contributed by atoms with Crippen molar-refractivity contribution < 1.29 is 0 Å². The van der Waals surface area contributed by atoms with Gasteiger partial charge in [0.1, 0.15) is 0 Å². The molecule has 0 unspecified atom stereocenters. The van der Waals surface area contributed by atoms with E-state index in [1.165, 1.54) is 5.56 Å². The molecule has 0 heterocycles. The maximum atomic E-state index is 5.98. The molecule has 4 N–H and O–H groups in total. The standard InChI is InChI=1S/C15H23N3/c1-3-5-6-7-8-9-13-12-14(18(17)4-2)10-11-15(13)16/h3,5-6,10-12H,1,4,7-9,16-17H2,2H3. The summed E-state index contributed by atoms with van der Waals surface area (Å²) in [6, 6.07) is 5.97. The van der Waals surface area contributed by atoms with Crippen LogP contribution in [0.4, 0.5) is 11.4 Å². The van der Waals surface area contributed by atoms with Gasteiger partial charge in [0, 0.05) is 12.2 Å². The number of nitrogen functional groups attached to an aromatic ring is 1. The third kappa shape index (κ3) is 4.26. The van der Waals surface area contributed by atoms with Gasteiger partial charge in [-0.2, -0.15) is 0 Å². The van der Waals surface area contributed by atoms with Crippen molar-refractivity contribution in [2.75, 3.05) is 17.3 Å². The van der Waals surface area contributed by atoms with Crippen LogP contribution in [0.1, 0.15) is 25.3 Å². The van der Waals surface area contributed by atoms with Crippen molar-refractivity contribution in [3.63, 3.8) is 0 Å². The van der Waals surface area contributed by atoms with Gasteiger partial charge in [0.25, 0.3) is 0 Å². The molecule has 1 rings (SSSR count). The minimum Gasteiger partial charge on any atom is -0.399 e. The van der Waals surface area contributed by atoms with Crippen molar-refractivity contribution in [1.82, 2.24) is 0 Å². The van der Waals surface area contributed by atoms with Gasteiger partial charge in [-0.15, -0.1) is 0 Å². The summed E-state index contributed by atoms with van der Waals surface area (Å²) in [5.74, 6) is 5.88. The van der Waals surface area contributed by atoms with E-state index >= 15 is 0 Å². The Kier molecular flexibility index (Phi) is 6.01. The molecule has 0 saturated heterocycles. The molecule has 1 aromatic carbocycles. The summed E-state index contributed by atoms with van der Waals surface area (Å²) >= 11 is 0. The lowest BCUT2D eigenvalue weighted by Gasteiger charge is -2.18. The lowest BCUT2D eigenvalue weighted by molar-refractivity contribution is 0.840. The smallest absolute Gasteiger partial charge is 0.0521 e. The number of unbranched alkanes of at least 4 members (excludes halogenated alkanes) is 1. The largest absolute Gasteiger partial charge is 0.399 e. The fraction of sp³-hybridized carbons (Fsp3) is 0.333. The van der Waals surface area contributed by atoms with Gasteiger partial charge in [-0.1, -0.05) is 24.8 Å². The highest BCUT2D eigenvalue weighted by molar-refractivity contribution is 5.57. The molecule has 0 bridgehead atoms. The highest BCUT2D eigenvalue weighted by atomic mass is 15.4. The maximum Gasteiger partial charge on any atom is 0.0521 e. The zero-order chi connectivity index (χ0) is 13.4. The molecule has 0 atom stereocenters. The SMILES string of the molecule is C=CC=CCCCc1cc(N(N)CC)ccc1N. The van der Waals surface area contributed by atoms with Gasteiger partial charge in [0.05, 0.1) is 5.69 Å². The van der Waals surface area contributed by atoms with Crippen molar-refractivity contribution in [3.8, 4) is 0 Å². The van der Waals surface area contributed by atoms with E-state index in [2.05, 4.69) is 18.7 Å². The van der Waals surface area contributed by atoms with Gasteiger partial charge >= 0.3 is 0 Å². The fourth-order valence-corrected chi connectivity index (χ4v) is 1.77. The molecular weight excluding hydrogens is 222 g/mol. The molecule has 0 aromatic heterocycles. The number of hydrazine groups is 1. The second kappa shape index (κ2) is 7.56. The van der Waals surface area contributed by atoms with Crippen LogP contribution in [0.15, 0.2) is 43.0 Å². The number of benzene rings is 1. The van der Waals surface area contributed by atoms with E-state index in [1.54, 1.807) is 11.1 Å². The number of nitrogens with zero attached hydrogens (tertiary/aromatic N) is 1. The first-order valence-electron chi connectivity index (χ1n) is 6.37. The fourth-order valence-electron chi connectivity index (χ4n) is 1.77. The van der Waals surface area contributed by atoms with Crippen LogP contribution in [0.25, 0.3) is 0 Å². The molecule has 0 aliphatic heterocycles. The Morgan fingerprint density at radius 2 is 2.17 bits per heavy atom. The molecule has 0 amide bonds. The van der Waals surface area contributed by atoms with E-state index in [4.69, 9.17) is 11.6 Å². The Bertz CT molecular complexity index is 410. The predicted molar refractivity (Wildman–Crippen MR) is 80.3 cm³/mol. The summed E-state index contributed by atoms with van der Waals surface area (Å²) in [7, 11) is 0. The average Bonchev–Trinajstić information content (AvgIpc) is 2.39. The monoisotopic (exact) mass is 245 g/mol. The van der Waals surface area contributed by atoms with Gasteiger partial charge in [-0.05, 0) is 49.9 Å². The van der Waals surface area contributed by atoms with E-state index in [1.807, 2.05) is 25.1 Å². The van der Waals surface area contributed by atoms with Crippen LogP contribution < -0.4 is 16.6 Å². The molecule has 0 radical (unpaired) electrons. The number of hydrogen-bond donors (Lipinski definition) is 2. The third-order valence-electron chi connectivity index (χ3n) is 2.89. The average molecular weight is 245 g/mol. The van der Waals surface area contributed by atoms with E-state index in [0.29, 0.717) is 0 Å². The summed E-state index contributed by atoms with van der Waals surface area (Å²) in [5.41, 5.74) is 9.01. The lowest BCUT2D eigenvalue weighted by atomic mass is 10.0. The van der Waals surface area contributed by atoms with Crippen molar-refractivity contribution in [1.29, 1.82) is 0 Å². The third-order valence-corrected chi connectivity index (χ3v) is 2.89. The molecule has 0 saturated carbocycles. The van der Waals surface area contributed by atoms with Crippen molar-refractivity contribution in [2.45, 2.75) is 26.2 Å².